The maximum Gasteiger partial charge on any atom is 0.317 e. The van der Waals surface area contributed by atoms with Crippen molar-refractivity contribution in [3.05, 3.63) is 42.7 Å². The molecule has 0 atom stereocenters. The van der Waals surface area contributed by atoms with Gasteiger partial charge in [0.15, 0.2) is 0 Å². The zero-order valence-electron chi connectivity index (χ0n) is 8.92. The smallest absolute Gasteiger partial charge is 0.317 e. The molecule has 0 fully saturated rings. The first-order valence-corrected chi connectivity index (χ1v) is 4.94. The van der Waals surface area contributed by atoms with Crippen molar-refractivity contribution in [1.29, 1.82) is 0 Å². The fourth-order valence-electron chi connectivity index (χ4n) is 1.29. The zero-order valence-corrected chi connectivity index (χ0v) is 8.92. The molecule has 0 aliphatic carbocycles. The Kier molecular flexibility index (Phi) is 3.15. The first kappa shape index (κ1) is 10.9. The lowest BCUT2D eigenvalue weighted by Crippen LogP contribution is -2.20. The van der Waals surface area contributed by atoms with Gasteiger partial charge in [0.05, 0.1) is 0 Å². The molecule has 1 aromatic carbocycles. The Morgan fingerprint density at radius 1 is 1.12 bits per heavy atom. The summed E-state index contributed by atoms with van der Waals surface area (Å²) in [4.78, 5) is 18.6. The molecule has 1 heterocycles. The second-order valence-electron chi connectivity index (χ2n) is 3.27. The van der Waals surface area contributed by atoms with Crippen molar-refractivity contribution in [2.75, 3.05) is 10.6 Å². The molecule has 6 heteroatoms. The Labute approximate surface area is 97.9 Å². The number of rotatable bonds is 3. The summed E-state index contributed by atoms with van der Waals surface area (Å²) in [6.45, 7) is 0. The van der Waals surface area contributed by atoms with Crippen LogP contribution in [0.4, 0.5) is 22.1 Å². The van der Waals surface area contributed by atoms with Gasteiger partial charge in [-0.25, -0.2) is 14.8 Å². The first-order chi connectivity index (χ1) is 8.24. The Hall–Kier alpha value is -2.63. The summed E-state index contributed by atoms with van der Waals surface area (Å²) in [6, 6.07) is 10.5. The highest BCUT2D eigenvalue weighted by atomic mass is 16.2. The van der Waals surface area contributed by atoms with Crippen LogP contribution in [0.2, 0.25) is 0 Å². The van der Waals surface area contributed by atoms with Gasteiger partial charge in [-0.3, -0.25) is 5.32 Å². The van der Waals surface area contributed by atoms with E-state index in [-0.39, 0.29) is 0 Å². The van der Waals surface area contributed by atoms with Crippen LogP contribution in [0.1, 0.15) is 0 Å². The number of nitrogens with zero attached hydrogens (tertiary/aromatic N) is 2. The fraction of sp³-hybridized carbons (Fsp3) is 0. The summed E-state index contributed by atoms with van der Waals surface area (Å²) < 4.78 is 0. The number of hydrogen-bond donors (Lipinski definition) is 3. The molecule has 2 rings (SSSR count). The van der Waals surface area contributed by atoms with Gasteiger partial charge >= 0.3 is 6.03 Å². The molecule has 17 heavy (non-hydrogen) atoms. The predicted octanol–water partition coefficient (Wildman–Crippen LogP) is 1.71. The lowest BCUT2D eigenvalue weighted by molar-refractivity contribution is 0.259. The Morgan fingerprint density at radius 3 is 2.53 bits per heavy atom. The second kappa shape index (κ2) is 4.93. The SMILES string of the molecule is NC(=O)Nc1cc(Nc2ccccc2)ncn1. The molecule has 4 N–H and O–H groups in total. The molecule has 0 spiro atoms. The van der Waals surface area contributed by atoms with Crippen LogP contribution in [0.25, 0.3) is 0 Å². The fourth-order valence-corrected chi connectivity index (χ4v) is 1.29. The third-order valence-corrected chi connectivity index (χ3v) is 1.96. The van der Waals surface area contributed by atoms with E-state index in [9.17, 15) is 4.79 Å². The monoisotopic (exact) mass is 229 g/mol. The number of anilines is 3. The highest BCUT2D eigenvalue weighted by molar-refractivity contribution is 5.87. The van der Waals surface area contributed by atoms with Crippen LogP contribution in [0.15, 0.2) is 42.7 Å². The molecular weight excluding hydrogens is 218 g/mol. The minimum atomic E-state index is -0.658. The quantitative estimate of drug-likeness (QED) is 0.746. The summed E-state index contributed by atoms with van der Waals surface area (Å²) in [5, 5.41) is 5.45. The van der Waals surface area contributed by atoms with Gasteiger partial charge in [-0.2, -0.15) is 0 Å². The third-order valence-electron chi connectivity index (χ3n) is 1.96. The first-order valence-electron chi connectivity index (χ1n) is 4.94. The van der Waals surface area contributed by atoms with E-state index in [1.54, 1.807) is 6.07 Å². The van der Waals surface area contributed by atoms with Gasteiger partial charge in [-0.1, -0.05) is 18.2 Å². The minimum Gasteiger partial charge on any atom is -0.351 e. The molecule has 0 aliphatic heterocycles. The van der Waals surface area contributed by atoms with Crippen LogP contribution >= 0.6 is 0 Å². The molecule has 0 radical (unpaired) electrons. The van der Waals surface area contributed by atoms with E-state index in [2.05, 4.69) is 20.6 Å². The molecule has 2 amide bonds. The van der Waals surface area contributed by atoms with E-state index in [0.717, 1.165) is 5.69 Å². The van der Waals surface area contributed by atoms with Gasteiger partial charge in [0.2, 0.25) is 0 Å². The van der Waals surface area contributed by atoms with Gasteiger partial charge in [0.25, 0.3) is 0 Å². The highest BCUT2D eigenvalue weighted by Crippen LogP contribution is 2.15. The Morgan fingerprint density at radius 2 is 1.82 bits per heavy atom. The molecule has 0 bridgehead atoms. The topological polar surface area (TPSA) is 92.9 Å². The van der Waals surface area contributed by atoms with Crippen LogP contribution in [-0.2, 0) is 0 Å². The summed E-state index contributed by atoms with van der Waals surface area (Å²) >= 11 is 0. The Bertz CT molecular complexity index is 514. The maximum atomic E-state index is 10.7. The van der Waals surface area contributed by atoms with Crippen molar-refractivity contribution in [2.45, 2.75) is 0 Å². The normalized spacial score (nSPS) is 9.65. The summed E-state index contributed by atoms with van der Waals surface area (Å²) in [5.41, 5.74) is 5.90. The molecule has 0 saturated carbocycles. The van der Waals surface area contributed by atoms with Crippen LogP contribution in [0.5, 0.6) is 0 Å². The predicted molar refractivity (Wildman–Crippen MR) is 65.0 cm³/mol. The number of amides is 2. The van der Waals surface area contributed by atoms with Gasteiger partial charge in [-0.15, -0.1) is 0 Å². The van der Waals surface area contributed by atoms with Crippen molar-refractivity contribution in [3.8, 4) is 0 Å². The summed E-state index contributed by atoms with van der Waals surface area (Å²) in [6.07, 6.45) is 1.34. The molecule has 0 aliphatic rings. The Balaban J connectivity index is 2.14. The molecule has 0 unspecified atom stereocenters. The van der Waals surface area contributed by atoms with E-state index in [1.165, 1.54) is 6.33 Å². The lowest BCUT2D eigenvalue weighted by Gasteiger charge is -2.06. The van der Waals surface area contributed by atoms with Crippen LogP contribution in [-0.4, -0.2) is 16.0 Å². The average Bonchev–Trinajstić information content (AvgIpc) is 2.30. The van der Waals surface area contributed by atoms with Gasteiger partial charge < -0.3 is 11.1 Å². The standard InChI is InChI=1S/C11H11N5O/c12-11(17)16-10-6-9(13-7-14-10)15-8-4-2-1-3-5-8/h1-7H,(H4,12,13,14,15,16,17). The van der Waals surface area contributed by atoms with Crippen LogP contribution in [0.3, 0.4) is 0 Å². The van der Waals surface area contributed by atoms with E-state index in [1.807, 2.05) is 30.3 Å². The summed E-state index contributed by atoms with van der Waals surface area (Å²) in [5.74, 6) is 0.931. The van der Waals surface area contributed by atoms with Crippen molar-refractivity contribution < 1.29 is 4.79 Å². The van der Waals surface area contributed by atoms with Crippen LogP contribution in [0, 0.1) is 0 Å². The molecule has 1 aromatic heterocycles. The maximum absolute atomic E-state index is 10.7. The number of benzene rings is 1. The number of nitrogens with one attached hydrogen (secondary N) is 2. The van der Waals surface area contributed by atoms with Crippen molar-refractivity contribution >= 4 is 23.4 Å². The number of nitrogens with two attached hydrogens (primary N) is 1. The van der Waals surface area contributed by atoms with Crippen LogP contribution < -0.4 is 16.4 Å². The number of carbonyl (C=O) groups excluding carboxylic acids is 1. The molecule has 86 valence electrons. The third kappa shape index (κ3) is 3.16. The van der Waals surface area contributed by atoms with Gasteiger partial charge in [-0.05, 0) is 12.1 Å². The average molecular weight is 229 g/mol. The van der Waals surface area contributed by atoms with E-state index in [0.29, 0.717) is 11.6 Å². The number of urea groups is 1. The van der Waals surface area contributed by atoms with Crippen molar-refractivity contribution in [2.24, 2.45) is 5.73 Å². The molecular formula is C11H11N5O. The van der Waals surface area contributed by atoms with Gasteiger partial charge in [0.1, 0.15) is 18.0 Å². The number of primary amides is 1. The molecule has 2 aromatic rings. The molecule has 0 saturated heterocycles. The lowest BCUT2D eigenvalue weighted by atomic mass is 10.3. The highest BCUT2D eigenvalue weighted by Gasteiger charge is 2.00. The number of hydrogen-bond acceptors (Lipinski definition) is 4. The van der Waals surface area contributed by atoms with E-state index >= 15 is 0 Å². The zero-order chi connectivity index (χ0) is 12.1. The largest absolute Gasteiger partial charge is 0.351 e. The number of aromatic nitrogens is 2. The number of para-hydroxylation sites is 1. The number of carbonyl (C=O) groups is 1. The van der Waals surface area contributed by atoms with Gasteiger partial charge in [0, 0.05) is 11.8 Å². The van der Waals surface area contributed by atoms with Crippen molar-refractivity contribution in [1.82, 2.24) is 9.97 Å². The van der Waals surface area contributed by atoms with E-state index in [4.69, 9.17) is 5.73 Å². The molecule has 6 nitrogen and oxygen atoms in total. The minimum absolute atomic E-state index is 0.353. The second-order valence-corrected chi connectivity index (χ2v) is 3.27. The van der Waals surface area contributed by atoms with Crippen molar-refractivity contribution in [3.63, 3.8) is 0 Å². The van der Waals surface area contributed by atoms with E-state index < -0.39 is 6.03 Å². The summed E-state index contributed by atoms with van der Waals surface area (Å²) in [7, 11) is 0.